The lowest BCUT2D eigenvalue weighted by Crippen LogP contribution is -2.49. The number of fused-ring (bicyclic) bond motifs is 1. The fraction of sp³-hybridized carbons (Fsp3) is 0.571. The molecule has 3 heterocycles. The van der Waals surface area contributed by atoms with Gasteiger partial charge in [-0.3, -0.25) is 9.69 Å². The summed E-state index contributed by atoms with van der Waals surface area (Å²) in [6.07, 6.45) is 2.73. The van der Waals surface area contributed by atoms with Crippen molar-refractivity contribution >= 4 is 17.4 Å². The standard InChI is InChI=1S/C14H20N4O/c1-10-9-17(8-6-15-10)13-3-5-16-14-12(13)4-7-18(14)11(2)19/h3,5,10,15H,4,6-9H2,1-2H3. The number of carbonyl (C=O) groups excluding carboxylic acids is 1. The average molecular weight is 260 g/mol. The van der Waals surface area contributed by atoms with Gasteiger partial charge in [0.2, 0.25) is 5.91 Å². The maximum absolute atomic E-state index is 11.6. The van der Waals surface area contributed by atoms with Gasteiger partial charge >= 0.3 is 0 Å². The summed E-state index contributed by atoms with van der Waals surface area (Å²) in [5.74, 6) is 0.938. The number of nitrogens with one attached hydrogen (secondary N) is 1. The molecule has 0 spiro atoms. The van der Waals surface area contributed by atoms with Gasteiger partial charge in [0.25, 0.3) is 0 Å². The highest BCUT2D eigenvalue weighted by molar-refractivity contribution is 5.93. The van der Waals surface area contributed by atoms with Crippen LogP contribution in [0.3, 0.4) is 0 Å². The number of hydrogen-bond acceptors (Lipinski definition) is 4. The second-order valence-electron chi connectivity index (χ2n) is 5.35. The normalized spacial score (nSPS) is 22.5. The van der Waals surface area contributed by atoms with Crippen LogP contribution in [0.2, 0.25) is 0 Å². The zero-order valence-corrected chi connectivity index (χ0v) is 11.5. The Balaban J connectivity index is 1.94. The molecule has 5 nitrogen and oxygen atoms in total. The van der Waals surface area contributed by atoms with Gasteiger partial charge in [-0.05, 0) is 19.4 Å². The van der Waals surface area contributed by atoms with Crippen molar-refractivity contribution in [2.75, 3.05) is 36.0 Å². The first kappa shape index (κ1) is 12.4. The lowest BCUT2D eigenvalue weighted by atomic mass is 10.1. The predicted molar refractivity (Wildman–Crippen MR) is 75.6 cm³/mol. The summed E-state index contributed by atoms with van der Waals surface area (Å²) < 4.78 is 0. The Bertz CT molecular complexity index is 502. The van der Waals surface area contributed by atoms with E-state index in [1.54, 1.807) is 11.8 Å². The molecule has 19 heavy (non-hydrogen) atoms. The molecule has 0 radical (unpaired) electrons. The van der Waals surface area contributed by atoms with E-state index in [4.69, 9.17) is 0 Å². The number of carbonyl (C=O) groups is 1. The molecular weight excluding hydrogens is 240 g/mol. The molecule has 0 aliphatic carbocycles. The fourth-order valence-electron chi connectivity index (χ4n) is 3.03. The van der Waals surface area contributed by atoms with Crippen molar-refractivity contribution in [1.82, 2.24) is 10.3 Å². The molecule has 1 N–H and O–H groups in total. The lowest BCUT2D eigenvalue weighted by Gasteiger charge is -2.34. The fourth-order valence-corrected chi connectivity index (χ4v) is 3.03. The van der Waals surface area contributed by atoms with E-state index in [1.807, 2.05) is 6.20 Å². The number of rotatable bonds is 1. The molecule has 1 atom stereocenters. The van der Waals surface area contributed by atoms with Crippen LogP contribution in [0.1, 0.15) is 19.4 Å². The van der Waals surface area contributed by atoms with Crippen molar-refractivity contribution in [1.29, 1.82) is 0 Å². The predicted octanol–water partition coefficient (Wildman–Crippen LogP) is 0.789. The van der Waals surface area contributed by atoms with E-state index in [0.717, 1.165) is 38.4 Å². The molecule has 5 heteroatoms. The Kier molecular flexibility index (Phi) is 3.14. The molecule has 1 saturated heterocycles. The second-order valence-corrected chi connectivity index (χ2v) is 5.35. The summed E-state index contributed by atoms with van der Waals surface area (Å²) >= 11 is 0. The molecule has 0 bridgehead atoms. The van der Waals surface area contributed by atoms with Gasteiger partial charge in [-0.25, -0.2) is 4.98 Å². The highest BCUT2D eigenvalue weighted by Gasteiger charge is 2.28. The molecule has 0 saturated carbocycles. The summed E-state index contributed by atoms with van der Waals surface area (Å²) in [7, 11) is 0. The Morgan fingerprint density at radius 2 is 2.32 bits per heavy atom. The summed E-state index contributed by atoms with van der Waals surface area (Å²) in [5, 5.41) is 3.45. The minimum Gasteiger partial charge on any atom is -0.368 e. The van der Waals surface area contributed by atoms with E-state index in [2.05, 4.69) is 28.2 Å². The van der Waals surface area contributed by atoms with Crippen molar-refractivity contribution in [3.63, 3.8) is 0 Å². The highest BCUT2D eigenvalue weighted by Crippen LogP contribution is 2.34. The molecule has 1 fully saturated rings. The molecule has 3 rings (SSSR count). The van der Waals surface area contributed by atoms with E-state index in [9.17, 15) is 4.79 Å². The quantitative estimate of drug-likeness (QED) is 0.811. The summed E-state index contributed by atoms with van der Waals surface area (Å²) in [5.41, 5.74) is 2.48. The van der Waals surface area contributed by atoms with Gasteiger partial charge in [0.05, 0.1) is 0 Å². The van der Waals surface area contributed by atoms with E-state index < -0.39 is 0 Å². The highest BCUT2D eigenvalue weighted by atomic mass is 16.2. The first-order valence-corrected chi connectivity index (χ1v) is 6.91. The zero-order valence-electron chi connectivity index (χ0n) is 11.5. The van der Waals surface area contributed by atoms with Crippen LogP contribution in [0.4, 0.5) is 11.5 Å². The third kappa shape index (κ3) is 2.18. The minimum absolute atomic E-state index is 0.0806. The number of hydrogen-bond donors (Lipinski definition) is 1. The maximum Gasteiger partial charge on any atom is 0.225 e. The molecule has 2 aliphatic rings. The molecule has 1 aromatic rings. The number of amides is 1. The van der Waals surface area contributed by atoms with Crippen LogP contribution in [-0.4, -0.2) is 43.1 Å². The average Bonchev–Trinajstić information content (AvgIpc) is 2.82. The molecule has 1 unspecified atom stereocenters. The van der Waals surface area contributed by atoms with Gasteiger partial charge < -0.3 is 10.2 Å². The van der Waals surface area contributed by atoms with E-state index in [0.29, 0.717) is 6.04 Å². The van der Waals surface area contributed by atoms with Crippen LogP contribution in [0.5, 0.6) is 0 Å². The van der Waals surface area contributed by atoms with Gasteiger partial charge in [0, 0.05) is 56.6 Å². The van der Waals surface area contributed by atoms with Crippen molar-refractivity contribution in [2.45, 2.75) is 26.3 Å². The Morgan fingerprint density at radius 3 is 3.05 bits per heavy atom. The second kappa shape index (κ2) is 4.81. The van der Waals surface area contributed by atoms with Gasteiger partial charge in [-0.15, -0.1) is 0 Å². The molecule has 1 aromatic heterocycles. The number of anilines is 2. The monoisotopic (exact) mass is 260 g/mol. The van der Waals surface area contributed by atoms with Gasteiger partial charge in [-0.2, -0.15) is 0 Å². The summed E-state index contributed by atoms with van der Waals surface area (Å²) in [6.45, 7) is 7.61. The third-order valence-electron chi connectivity index (χ3n) is 3.94. The number of aromatic nitrogens is 1. The largest absolute Gasteiger partial charge is 0.368 e. The van der Waals surface area contributed by atoms with Gasteiger partial charge in [-0.1, -0.05) is 0 Å². The first-order valence-electron chi connectivity index (χ1n) is 6.91. The van der Waals surface area contributed by atoms with Gasteiger partial charge in [0.1, 0.15) is 5.82 Å². The Hall–Kier alpha value is -1.62. The first-order chi connectivity index (χ1) is 9.16. The minimum atomic E-state index is 0.0806. The van der Waals surface area contributed by atoms with E-state index in [-0.39, 0.29) is 5.91 Å². The molecule has 1 amide bonds. The number of pyridine rings is 1. The molecular formula is C14H20N4O. The number of piperazine rings is 1. The van der Waals surface area contributed by atoms with Crippen molar-refractivity contribution in [3.05, 3.63) is 17.8 Å². The topological polar surface area (TPSA) is 48.5 Å². The SMILES string of the molecule is CC(=O)N1CCc2c(N3CCNC(C)C3)ccnc21. The Morgan fingerprint density at radius 1 is 1.47 bits per heavy atom. The third-order valence-corrected chi connectivity index (χ3v) is 3.94. The lowest BCUT2D eigenvalue weighted by molar-refractivity contribution is -0.116. The van der Waals surface area contributed by atoms with Crippen LogP contribution in [0, 0.1) is 0 Å². The smallest absolute Gasteiger partial charge is 0.225 e. The molecule has 0 aromatic carbocycles. The maximum atomic E-state index is 11.6. The van der Waals surface area contributed by atoms with Crippen LogP contribution < -0.4 is 15.1 Å². The molecule has 102 valence electrons. The number of nitrogens with zero attached hydrogens (tertiary/aromatic N) is 3. The van der Waals surface area contributed by atoms with Crippen molar-refractivity contribution < 1.29 is 4.79 Å². The zero-order chi connectivity index (χ0) is 13.4. The molecule has 2 aliphatic heterocycles. The summed E-state index contributed by atoms with van der Waals surface area (Å²) in [6, 6.07) is 2.59. The van der Waals surface area contributed by atoms with Crippen molar-refractivity contribution in [3.8, 4) is 0 Å². The summed E-state index contributed by atoms with van der Waals surface area (Å²) in [4.78, 5) is 20.2. The van der Waals surface area contributed by atoms with Crippen LogP contribution >= 0.6 is 0 Å². The van der Waals surface area contributed by atoms with Crippen molar-refractivity contribution in [2.24, 2.45) is 0 Å². The van der Waals surface area contributed by atoms with Crippen LogP contribution in [0.15, 0.2) is 12.3 Å². The van der Waals surface area contributed by atoms with Crippen LogP contribution in [-0.2, 0) is 11.2 Å². The Labute approximate surface area is 113 Å². The van der Waals surface area contributed by atoms with E-state index in [1.165, 1.54) is 11.3 Å². The van der Waals surface area contributed by atoms with E-state index >= 15 is 0 Å². The van der Waals surface area contributed by atoms with Crippen LogP contribution in [0.25, 0.3) is 0 Å². The van der Waals surface area contributed by atoms with Gasteiger partial charge in [0.15, 0.2) is 0 Å².